The molecule has 0 heterocycles. The number of phenolic OH excluding ortho intramolecular Hbond substituents is 1. The first-order chi connectivity index (χ1) is 13.8. The van der Waals surface area contributed by atoms with Crippen molar-refractivity contribution in [1.29, 1.82) is 0 Å². The Morgan fingerprint density at radius 3 is 2.07 bits per heavy atom. The van der Waals surface area contributed by atoms with Crippen molar-refractivity contribution >= 4 is 23.5 Å². The highest BCUT2D eigenvalue weighted by molar-refractivity contribution is 6.06. The molecule has 0 spiro atoms. The van der Waals surface area contributed by atoms with Gasteiger partial charge >= 0.3 is 5.97 Å². The van der Waals surface area contributed by atoms with E-state index in [0.717, 1.165) is 0 Å². The zero-order valence-electron chi connectivity index (χ0n) is 15.8. The third-order valence-corrected chi connectivity index (χ3v) is 4.63. The SMILES string of the molecule is COc1cc(OC)cc(C(=O)Nc2ccc(C(=O)NC3(C(=O)O)CC3)c(O)c2)c1. The summed E-state index contributed by atoms with van der Waals surface area (Å²) in [6, 6.07) is 8.64. The van der Waals surface area contributed by atoms with Gasteiger partial charge in [-0.3, -0.25) is 9.59 Å². The molecule has 2 aromatic rings. The van der Waals surface area contributed by atoms with E-state index in [4.69, 9.17) is 14.6 Å². The van der Waals surface area contributed by atoms with Crippen LogP contribution in [0.5, 0.6) is 17.2 Å². The van der Waals surface area contributed by atoms with E-state index in [1.54, 1.807) is 6.07 Å². The van der Waals surface area contributed by atoms with Crippen LogP contribution in [-0.2, 0) is 4.79 Å². The van der Waals surface area contributed by atoms with E-state index in [-0.39, 0.29) is 22.6 Å². The van der Waals surface area contributed by atoms with Crippen molar-refractivity contribution in [3.8, 4) is 17.2 Å². The molecule has 0 radical (unpaired) electrons. The van der Waals surface area contributed by atoms with Crippen LogP contribution in [0.1, 0.15) is 33.6 Å². The number of phenols is 1. The van der Waals surface area contributed by atoms with Gasteiger partial charge in [-0.05, 0) is 37.1 Å². The van der Waals surface area contributed by atoms with Crippen LogP contribution in [0.15, 0.2) is 36.4 Å². The minimum atomic E-state index is -1.26. The summed E-state index contributed by atoms with van der Waals surface area (Å²) in [5, 5.41) is 24.4. The lowest BCUT2D eigenvalue weighted by Gasteiger charge is -2.14. The zero-order valence-corrected chi connectivity index (χ0v) is 15.8. The number of carbonyl (C=O) groups is 3. The summed E-state index contributed by atoms with van der Waals surface area (Å²) in [6.07, 6.45) is 0.681. The lowest BCUT2D eigenvalue weighted by molar-refractivity contribution is -0.140. The van der Waals surface area contributed by atoms with Gasteiger partial charge in [0.25, 0.3) is 11.8 Å². The maximum Gasteiger partial charge on any atom is 0.329 e. The summed E-state index contributed by atoms with van der Waals surface area (Å²) >= 11 is 0. The lowest BCUT2D eigenvalue weighted by atomic mass is 10.1. The van der Waals surface area contributed by atoms with Crippen LogP contribution in [0.2, 0.25) is 0 Å². The minimum absolute atomic E-state index is 0.0847. The molecule has 2 amide bonds. The summed E-state index contributed by atoms with van der Waals surface area (Å²) in [4.78, 5) is 36.0. The predicted octanol–water partition coefficient (Wildman–Crippen LogP) is 2.01. The summed E-state index contributed by atoms with van der Waals surface area (Å²) in [5.41, 5.74) is -0.814. The van der Waals surface area contributed by atoms with Gasteiger partial charge in [-0.1, -0.05) is 0 Å². The number of anilines is 1. The molecular weight excluding hydrogens is 380 g/mol. The van der Waals surface area contributed by atoms with Crippen molar-refractivity contribution < 1.29 is 34.1 Å². The largest absolute Gasteiger partial charge is 0.507 e. The second kappa shape index (κ2) is 7.70. The average Bonchev–Trinajstić information content (AvgIpc) is 3.48. The molecule has 1 saturated carbocycles. The fourth-order valence-electron chi connectivity index (χ4n) is 2.75. The highest BCUT2D eigenvalue weighted by Gasteiger charge is 2.51. The quantitative estimate of drug-likeness (QED) is 0.558. The van der Waals surface area contributed by atoms with Gasteiger partial charge in [0.05, 0.1) is 19.8 Å². The van der Waals surface area contributed by atoms with Crippen LogP contribution in [0.25, 0.3) is 0 Å². The molecule has 0 unspecified atom stereocenters. The lowest BCUT2D eigenvalue weighted by Crippen LogP contribution is -2.43. The normalized spacial score (nSPS) is 13.9. The van der Waals surface area contributed by atoms with Gasteiger partial charge in [-0.25, -0.2) is 4.79 Å². The second-order valence-electron chi connectivity index (χ2n) is 6.63. The molecule has 1 aliphatic carbocycles. The van der Waals surface area contributed by atoms with Crippen molar-refractivity contribution in [1.82, 2.24) is 5.32 Å². The molecule has 2 aromatic carbocycles. The Balaban J connectivity index is 1.74. The number of carboxylic acids is 1. The van der Waals surface area contributed by atoms with Crippen molar-refractivity contribution in [3.05, 3.63) is 47.5 Å². The number of hydrogen-bond acceptors (Lipinski definition) is 6. The second-order valence-corrected chi connectivity index (χ2v) is 6.63. The number of carboxylic acid groups (broad SMARTS) is 1. The topological polar surface area (TPSA) is 134 Å². The third kappa shape index (κ3) is 4.23. The molecule has 3 rings (SSSR count). The number of nitrogens with one attached hydrogen (secondary N) is 2. The number of amides is 2. The minimum Gasteiger partial charge on any atom is -0.507 e. The molecule has 1 aliphatic rings. The molecule has 0 aromatic heterocycles. The van der Waals surface area contributed by atoms with Crippen molar-refractivity contribution in [2.75, 3.05) is 19.5 Å². The molecule has 9 nitrogen and oxygen atoms in total. The van der Waals surface area contributed by atoms with Crippen molar-refractivity contribution in [2.24, 2.45) is 0 Å². The fourth-order valence-corrected chi connectivity index (χ4v) is 2.75. The summed E-state index contributed by atoms with van der Waals surface area (Å²) < 4.78 is 10.3. The van der Waals surface area contributed by atoms with Crippen LogP contribution in [0.4, 0.5) is 5.69 Å². The Bertz CT molecular complexity index is 961. The number of aromatic hydroxyl groups is 1. The Morgan fingerprint density at radius 1 is 0.966 bits per heavy atom. The zero-order chi connectivity index (χ0) is 21.2. The van der Waals surface area contributed by atoms with Crippen LogP contribution in [-0.4, -0.2) is 47.8 Å². The van der Waals surface area contributed by atoms with Crippen LogP contribution >= 0.6 is 0 Å². The summed E-state index contributed by atoms with van der Waals surface area (Å²) in [5.74, 6) is -1.78. The standard InChI is InChI=1S/C20H20N2O7/c1-28-13-7-11(8-14(10-13)29-2)17(24)21-12-3-4-15(16(23)9-12)18(25)22-20(5-6-20)19(26)27/h3-4,7-10,23H,5-6H2,1-2H3,(H,21,24)(H,22,25)(H,26,27). The smallest absolute Gasteiger partial charge is 0.329 e. The van der Waals surface area contributed by atoms with Gasteiger partial charge < -0.3 is 30.3 Å². The van der Waals surface area contributed by atoms with Crippen LogP contribution in [0.3, 0.4) is 0 Å². The van der Waals surface area contributed by atoms with Crippen LogP contribution in [0, 0.1) is 0 Å². The molecule has 4 N–H and O–H groups in total. The summed E-state index contributed by atoms with van der Waals surface area (Å²) in [6.45, 7) is 0. The van der Waals surface area contributed by atoms with E-state index < -0.39 is 23.3 Å². The Labute approximate surface area is 166 Å². The van der Waals surface area contributed by atoms with Gasteiger partial charge in [-0.15, -0.1) is 0 Å². The van der Waals surface area contributed by atoms with Crippen molar-refractivity contribution in [3.63, 3.8) is 0 Å². The maximum absolute atomic E-state index is 12.5. The molecule has 0 bridgehead atoms. The first kappa shape index (κ1) is 20.0. The average molecular weight is 400 g/mol. The van der Waals surface area contributed by atoms with E-state index in [1.807, 2.05) is 0 Å². The first-order valence-corrected chi connectivity index (χ1v) is 8.71. The van der Waals surface area contributed by atoms with E-state index in [2.05, 4.69) is 10.6 Å². The maximum atomic E-state index is 12.5. The van der Waals surface area contributed by atoms with Crippen LogP contribution < -0.4 is 20.1 Å². The van der Waals surface area contributed by atoms with E-state index in [0.29, 0.717) is 24.3 Å². The van der Waals surface area contributed by atoms with E-state index in [9.17, 15) is 19.5 Å². The summed E-state index contributed by atoms with van der Waals surface area (Å²) in [7, 11) is 2.93. The van der Waals surface area contributed by atoms with Crippen molar-refractivity contribution in [2.45, 2.75) is 18.4 Å². The predicted molar refractivity (Wildman–Crippen MR) is 103 cm³/mol. The molecule has 9 heteroatoms. The number of ether oxygens (including phenoxy) is 2. The Morgan fingerprint density at radius 2 is 1.59 bits per heavy atom. The Hall–Kier alpha value is -3.75. The van der Waals surface area contributed by atoms with Gasteiger partial charge in [0.2, 0.25) is 0 Å². The number of benzene rings is 2. The molecule has 0 saturated heterocycles. The number of hydrogen-bond donors (Lipinski definition) is 4. The fraction of sp³-hybridized carbons (Fsp3) is 0.250. The molecule has 0 aliphatic heterocycles. The number of aliphatic carboxylic acids is 1. The number of carbonyl (C=O) groups excluding carboxylic acids is 2. The first-order valence-electron chi connectivity index (χ1n) is 8.71. The molecule has 0 atom stereocenters. The highest BCUT2D eigenvalue weighted by Crippen LogP contribution is 2.36. The van der Waals surface area contributed by atoms with E-state index >= 15 is 0 Å². The number of methoxy groups -OCH3 is 2. The van der Waals surface area contributed by atoms with Gasteiger partial charge in [0.1, 0.15) is 22.8 Å². The molecule has 29 heavy (non-hydrogen) atoms. The van der Waals surface area contributed by atoms with Gasteiger partial charge in [0.15, 0.2) is 0 Å². The van der Waals surface area contributed by atoms with Gasteiger partial charge in [0, 0.05) is 23.4 Å². The monoisotopic (exact) mass is 400 g/mol. The molecule has 152 valence electrons. The van der Waals surface area contributed by atoms with Gasteiger partial charge in [-0.2, -0.15) is 0 Å². The molecular formula is C20H20N2O7. The number of rotatable bonds is 7. The Kier molecular flexibility index (Phi) is 5.31. The highest BCUT2D eigenvalue weighted by atomic mass is 16.5. The molecule has 1 fully saturated rings. The third-order valence-electron chi connectivity index (χ3n) is 4.63. The van der Waals surface area contributed by atoms with E-state index in [1.165, 1.54) is 44.6 Å².